The summed E-state index contributed by atoms with van der Waals surface area (Å²) in [7, 11) is -1.72. The molecule has 0 N–H and O–H groups in total. The van der Waals surface area contributed by atoms with Gasteiger partial charge in [0, 0.05) is 27.6 Å². The number of hydrogen-bond acceptors (Lipinski definition) is 1. The zero-order chi connectivity index (χ0) is 36.8. The zero-order valence-electron chi connectivity index (χ0n) is 32.3. The van der Waals surface area contributed by atoms with E-state index in [-0.39, 0.29) is 10.8 Å². The Labute approximate surface area is 313 Å². The molecule has 0 radical (unpaired) electrons. The Balaban J connectivity index is 1.49. The second-order valence-corrected chi connectivity index (χ2v) is 23.4. The summed E-state index contributed by atoms with van der Waals surface area (Å²) in [5, 5.41) is 3.73. The van der Waals surface area contributed by atoms with Crippen LogP contribution in [0.4, 0.5) is 0 Å². The first-order valence-corrected chi connectivity index (χ1v) is 22.5. The second-order valence-electron chi connectivity index (χ2n) is 18.3. The first-order valence-electron chi connectivity index (χ1n) is 19.0. The lowest BCUT2D eigenvalue weighted by Gasteiger charge is -2.24. The number of aromatic nitrogens is 3. The Bertz CT molecular complexity index is 2790. The van der Waals surface area contributed by atoms with Gasteiger partial charge in [0.25, 0.3) is 0 Å². The van der Waals surface area contributed by atoms with Gasteiger partial charge in [-0.25, -0.2) is 0 Å². The van der Waals surface area contributed by atoms with Crippen molar-refractivity contribution in [3.8, 4) is 28.3 Å². The number of imidazole rings is 1. The van der Waals surface area contributed by atoms with Crippen LogP contribution in [0.2, 0.25) is 19.6 Å². The van der Waals surface area contributed by atoms with Gasteiger partial charge in [-0.15, -0.1) is 9.13 Å². The number of benzene rings is 5. The molecule has 3 aromatic heterocycles. The van der Waals surface area contributed by atoms with Gasteiger partial charge < -0.3 is 4.42 Å². The minimum absolute atomic E-state index is 0.0313. The Kier molecular flexibility index (Phi) is 6.39. The summed E-state index contributed by atoms with van der Waals surface area (Å²) in [6.45, 7) is 21.3. The highest BCUT2D eigenvalue weighted by atomic mass is 28.3. The molecule has 0 fully saturated rings. The van der Waals surface area contributed by atoms with E-state index in [1.807, 2.05) is 0 Å². The van der Waals surface area contributed by atoms with Crippen LogP contribution in [0.15, 0.2) is 126 Å². The molecule has 1 unspecified atom stereocenters. The van der Waals surface area contributed by atoms with E-state index < -0.39 is 13.7 Å². The average molecular weight is 710 g/mol. The first kappa shape index (κ1) is 32.4. The summed E-state index contributed by atoms with van der Waals surface area (Å²) < 4.78 is 14.9. The molecule has 4 nitrogen and oxygen atoms in total. The van der Waals surface area contributed by atoms with Crippen LogP contribution in [-0.4, -0.2) is 12.6 Å². The van der Waals surface area contributed by atoms with Crippen LogP contribution in [0.5, 0.6) is 0 Å². The molecular weight excluding hydrogens is 663 g/mol. The highest BCUT2D eigenvalue weighted by Gasteiger charge is 2.67. The van der Waals surface area contributed by atoms with Gasteiger partial charge in [0.05, 0.1) is 24.8 Å². The molecular formula is C48H47N3OSi+2. The van der Waals surface area contributed by atoms with Crippen LogP contribution >= 0.6 is 0 Å². The molecule has 0 saturated carbocycles. The molecule has 8 aromatic rings. The van der Waals surface area contributed by atoms with E-state index in [1.54, 1.807) is 0 Å². The largest absolute Gasteiger partial charge is 0.455 e. The van der Waals surface area contributed by atoms with Gasteiger partial charge in [-0.3, -0.25) is 0 Å². The molecule has 1 atom stereocenters. The van der Waals surface area contributed by atoms with E-state index in [9.17, 15) is 0 Å². The maximum Gasteiger partial charge on any atom is 0.364 e. The van der Waals surface area contributed by atoms with E-state index in [0.717, 1.165) is 33.3 Å². The van der Waals surface area contributed by atoms with Crippen molar-refractivity contribution in [2.75, 3.05) is 0 Å². The summed E-state index contributed by atoms with van der Waals surface area (Å²) >= 11 is 0. The van der Waals surface area contributed by atoms with Crippen molar-refractivity contribution in [3.63, 3.8) is 0 Å². The van der Waals surface area contributed by atoms with E-state index >= 15 is 0 Å². The molecule has 5 heteroatoms. The summed E-state index contributed by atoms with van der Waals surface area (Å²) in [5.41, 5.74) is 13.5. The number of furan rings is 1. The molecule has 0 amide bonds. The van der Waals surface area contributed by atoms with Gasteiger partial charge >= 0.3 is 11.5 Å². The van der Waals surface area contributed by atoms with E-state index in [1.165, 1.54) is 55.4 Å². The fraction of sp³-hybridized carbons (Fsp3) is 0.250. The van der Waals surface area contributed by atoms with Crippen molar-refractivity contribution in [2.24, 2.45) is 0 Å². The lowest BCUT2D eigenvalue weighted by Crippen LogP contribution is -2.72. The highest BCUT2D eigenvalue weighted by molar-refractivity contribution is 6.88. The Morgan fingerprint density at radius 1 is 0.679 bits per heavy atom. The Hall–Kier alpha value is -5.26. The number of fused-ring (bicyclic) bond motifs is 16. The predicted octanol–water partition coefficient (Wildman–Crippen LogP) is 10.5. The lowest BCUT2D eigenvalue weighted by atomic mass is 9.82. The smallest absolute Gasteiger partial charge is 0.364 e. The molecule has 5 heterocycles. The van der Waals surface area contributed by atoms with Crippen molar-refractivity contribution in [1.82, 2.24) is 4.57 Å². The molecule has 0 saturated heterocycles. The topological polar surface area (TPSA) is 25.8 Å². The van der Waals surface area contributed by atoms with Crippen LogP contribution < -0.4 is 14.3 Å². The van der Waals surface area contributed by atoms with E-state index in [2.05, 4.69) is 196 Å². The van der Waals surface area contributed by atoms with Gasteiger partial charge in [0.1, 0.15) is 16.8 Å². The molecule has 10 rings (SSSR count). The van der Waals surface area contributed by atoms with Gasteiger partial charge in [-0.05, 0) is 64.9 Å². The molecule has 262 valence electrons. The SMILES string of the molecule is CC(C)(C)c1ccc2c(c1)C1(c3ccc4c(oc5ccccc54)c3-c3n(-c4ccccc4C(C)(C)C)c4ccccc4[n+]31)[n+]1cc([Si](C)(C)C)ccc1-2. The van der Waals surface area contributed by atoms with Crippen LogP contribution in [-0.2, 0) is 16.5 Å². The third-order valence-electron chi connectivity index (χ3n) is 11.9. The molecule has 1 spiro atoms. The quantitative estimate of drug-likeness (QED) is 0.130. The molecule has 0 bridgehead atoms. The second kappa shape index (κ2) is 10.4. The van der Waals surface area contributed by atoms with Gasteiger partial charge in [-0.2, -0.15) is 4.57 Å². The minimum atomic E-state index is -1.72. The van der Waals surface area contributed by atoms with Crippen molar-refractivity contribution in [3.05, 3.63) is 144 Å². The molecule has 2 aliphatic rings. The number of pyridine rings is 1. The fourth-order valence-electron chi connectivity index (χ4n) is 9.28. The van der Waals surface area contributed by atoms with E-state index in [0.29, 0.717) is 0 Å². The molecule has 2 aliphatic heterocycles. The normalized spacial score (nSPS) is 16.5. The van der Waals surface area contributed by atoms with Crippen molar-refractivity contribution < 1.29 is 13.6 Å². The number of rotatable bonds is 2. The molecule has 5 aromatic carbocycles. The van der Waals surface area contributed by atoms with Crippen LogP contribution in [0.1, 0.15) is 63.8 Å². The molecule has 0 aliphatic carbocycles. The third kappa shape index (κ3) is 4.23. The fourth-order valence-corrected chi connectivity index (χ4v) is 10.4. The summed E-state index contributed by atoms with van der Waals surface area (Å²) in [6, 6.07) is 43.3. The maximum atomic E-state index is 7.04. The predicted molar refractivity (Wildman–Crippen MR) is 220 cm³/mol. The third-order valence-corrected chi connectivity index (χ3v) is 13.9. The average Bonchev–Trinajstić information content (AvgIpc) is 3.83. The molecule has 53 heavy (non-hydrogen) atoms. The zero-order valence-corrected chi connectivity index (χ0v) is 33.3. The van der Waals surface area contributed by atoms with Crippen LogP contribution in [0.25, 0.3) is 61.3 Å². The van der Waals surface area contributed by atoms with Crippen LogP contribution in [0.3, 0.4) is 0 Å². The van der Waals surface area contributed by atoms with Gasteiger partial charge in [0.2, 0.25) is 5.69 Å². The van der Waals surface area contributed by atoms with E-state index in [4.69, 9.17) is 4.42 Å². The van der Waals surface area contributed by atoms with Gasteiger partial charge in [0.15, 0.2) is 22.8 Å². The Morgan fingerprint density at radius 3 is 2.19 bits per heavy atom. The monoisotopic (exact) mass is 709 g/mol. The summed E-state index contributed by atoms with van der Waals surface area (Å²) in [6.07, 6.45) is 2.50. The highest BCUT2D eigenvalue weighted by Crippen LogP contribution is 2.53. The van der Waals surface area contributed by atoms with Crippen LogP contribution in [0, 0.1) is 0 Å². The minimum Gasteiger partial charge on any atom is -0.455 e. The van der Waals surface area contributed by atoms with Crippen molar-refractivity contribution in [2.45, 2.75) is 77.7 Å². The maximum absolute atomic E-state index is 7.04. The van der Waals surface area contributed by atoms with Gasteiger partial charge in [-0.1, -0.05) is 122 Å². The number of hydrogen-bond donors (Lipinski definition) is 0. The Morgan fingerprint density at radius 2 is 1.42 bits per heavy atom. The summed E-state index contributed by atoms with van der Waals surface area (Å²) in [4.78, 5) is 0. The summed E-state index contributed by atoms with van der Waals surface area (Å²) in [5.74, 6) is 1.15. The number of nitrogens with zero attached hydrogens (tertiary/aromatic N) is 3. The van der Waals surface area contributed by atoms with Crippen molar-refractivity contribution >= 4 is 46.2 Å². The first-order chi connectivity index (χ1) is 25.2. The van der Waals surface area contributed by atoms with Crippen molar-refractivity contribution in [1.29, 1.82) is 0 Å². The standard InChI is InChI=1S/C48H47N3OSi/c1-46(2,3)30-22-24-34-37(28-30)48(49-29-31(53(7,8)9)23-27-38(34)49)36-26-25-33-32-16-10-15-21-42(32)52-44(33)43(36)45-50(40-19-13-14-20-41(40)51(45)48)39-18-12-11-17-35(39)47(4,5)6/h10-29H,1-9H3/q+2. The number of para-hydroxylation sites is 4. The lowest BCUT2D eigenvalue weighted by molar-refractivity contribution is -0.944.